The summed E-state index contributed by atoms with van der Waals surface area (Å²) in [5, 5.41) is 16.1. The molecule has 0 amide bonds. The minimum absolute atomic E-state index is 0. The molecule has 2 rings (SSSR count). The Labute approximate surface area is 116 Å². The first-order valence-electron chi connectivity index (χ1n) is 5.44. The zero-order valence-corrected chi connectivity index (χ0v) is 11.8. The molecule has 1 aliphatic rings. The molecule has 2 heterocycles. The molecule has 6 heteroatoms. The van der Waals surface area contributed by atoms with Gasteiger partial charge in [0.2, 0.25) is 0 Å². The number of hydrogen-bond acceptors (Lipinski definition) is 4. The molecule has 1 saturated heterocycles. The van der Waals surface area contributed by atoms with Crippen LogP contribution in [-0.2, 0) is 6.54 Å². The molecule has 1 aliphatic heterocycles. The maximum Gasteiger partial charge on any atom is 0.0716 e. The topological polar surface area (TPSA) is 57.2 Å². The fourth-order valence-corrected chi connectivity index (χ4v) is 2.29. The second-order valence-corrected chi connectivity index (χ2v) is 5.04. The number of aromatic nitrogens is 1. The first-order valence-corrected chi connectivity index (χ1v) is 6.24. The molecule has 0 saturated carbocycles. The van der Waals surface area contributed by atoms with E-state index in [0.717, 1.165) is 29.7 Å². The molecule has 96 valence electrons. The third kappa shape index (κ3) is 4.52. The van der Waals surface area contributed by atoms with Gasteiger partial charge in [-0.3, -0.25) is 4.98 Å². The molecule has 4 nitrogen and oxygen atoms in total. The van der Waals surface area contributed by atoms with Crippen molar-refractivity contribution in [3.63, 3.8) is 0 Å². The van der Waals surface area contributed by atoms with Crippen LogP contribution in [0.1, 0.15) is 5.56 Å². The van der Waals surface area contributed by atoms with Crippen molar-refractivity contribution in [2.75, 3.05) is 19.6 Å². The number of nitrogens with zero attached hydrogens (tertiary/aromatic N) is 1. The lowest BCUT2D eigenvalue weighted by atomic mass is 10.1. The van der Waals surface area contributed by atoms with Crippen molar-refractivity contribution < 1.29 is 5.11 Å². The quantitative estimate of drug-likeness (QED) is 0.772. The minimum Gasteiger partial charge on any atom is -0.391 e. The highest BCUT2D eigenvalue weighted by molar-refractivity contribution is 9.10. The van der Waals surface area contributed by atoms with E-state index in [2.05, 4.69) is 31.5 Å². The van der Waals surface area contributed by atoms with Crippen molar-refractivity contribution >= 4 is 28.3 Å². The highest BCUT2D eigenvalue weighted by Gasteiger charge is 2.23. The Hall–Kier alpha value is -0.200. The van der Waals surface area contributed by atoms with E-state index in [1.807, 2.05) is 12.3 Å². The Morgan fingerprint density at radius 1 is 1.47 bits per heavy atom. The van der Waals surface area contributed by atoms with Gasteiger partial charge in [0.05, 0.1) is 6.10 Å². The van der Waals surface area contributed by atoms with Crippen molar-refractivity contribution in [3.05, 3.63) is 28.5 Å². The monoisotopic (exact) mass is 321 g/mol. The molecule has 1 aromatic heterocycles. The number of aliphatic hydroxyl groups is 1. The van der Waals surface area contributed by atoms with Gasteiger partial charge < -0.3 is 15.7 Å². The molecule has 0 aliphatic carbocycles. The summed E-state index contributed by atoms with van der Waals surface area (Å²) in [4.78, 5) is 4.10. The normalized spacial score (nSPS) is 23.4. The maximum atomic E-state index is 9.61. The van der Waals surface area contributed by atoms with Crippen LogP contribution in [0.2, 0.25) is 0 Å². The largest absolute Gasteiger partial charge is 0.391 e. The summed E-state index contributed by atoms with van der Waals surface area (Å²) < 4.78 is 0.995. The van der Waals surface area contributed by atoms with Gasteiger partial charge in [0, 0.05) is 49.0 Å². The second-order valence-electron chi connectivity index (χ2n) is 4.13. The van der Waals surface area contributed by atoms with E-state index < -0.39 is 0 Å². The summed E-state index contributed by atoms with van der Waals surface area (Å²) in [6.07, 6.45) is 3.41. The van der Waals surface area contributed by atoms with Crippen molar-refractivity contribution in [2.45, 2.75) is 12.6 Å². The van der Waals surface area contributed by atoms with Gasteiger partial charge in [-0.1, -0.05) is 0 Å². The van der Waals surface area contributed by atoms with E-state index in [9.17, 15) is 5.11 Å². The third-order valence-electron chi connectivity index (χ3n) is 2.80. The fraction of sp³-hybridized carbons (Fsp3) is 0.545. The molecular formula is C11H17BrClN3O. The van der Waals surface area contributed by atoms with Crippen LogP contribution in [0.15, 0.2) is 22.9 Å². The van der Waals surface area contributed by atoms with E-state index >= 15 is 0 Å². The highest BCUT2D eigenvalue weighted by atomic mass is 79.9. The van der Waals surface area contributed by atoms with Gasteiger partial charge in [0.15, 0.2) is 0 Å². The van der Waals surface area contributed by atoms with Gasteiger partial charge in [0.25, 0.3) is 0 Å². The lowest BCUT2D eigenvalue weighted by molar-refractivity contribution is 0.146. The van der Waals surface area contributed by atoms with Gasteiger partial charge in [-0.2, -0.15) is 0 Å². The second kappa shape index (κ2) is 7.28. The predicted molar refractivity (Wildman–Crippen MR) is 73.3 cm³/mol. The fourth-order valence-electron chi connectivity index (χ4n) is 1.88. The summed E-state index contributed by atoms with van der Waals surface area (Å²) in [5.74, 6) is 0.320. The summed E-state index contributed by atoms with van der Waals surface area (Å²) in [6, 6.07) is 2.04. The van der Waals surface area contributed by atoms with Crippen molar-refractivity contribution in [3.8, 4) is 0 Å². The number of pyridine rings is 1. The number of rotatable bonds is 4. The average Bonchev–Trinajstić information content (AvgIpc) is 2.65. The lowest BCUT2D eigenvalue weighted by Gasteiger charge is -2.13. The van der Waals surface area contributed by atoms with Gasteiger partial charge in [-0.25, -0.2) is 0 Å². The van der Waals surface area contributed by atoms with E-state index in [1.165, 1.54) is 0 Å². The molecule has 0 bridgehead atoms. The van der Waals surface area contributed by atoms with Crippen molar-refractivity contribution in [2.24, 2.45) is 5.92 Å². The first kappa shape index (κ1) is 14.9. The SMILES string of the molecule is Cl.OC1CNCC1CNCc1cncc(Br)c1. The Bertz CT molecular complexity index is 353. The molecule has 0 spiro atoms. The smallest absolute Gasteiger partial charge is 0.0716 e. The van der Waals surface area contributed by atoms with Gasteiger partial charge in [-0.05, 0) is 27.6 Å². The molecule has 2 unspecified atom stereocenters. The maximum absolute atomic E-state index is 9.61. The third-order valence-corrected chi connectivity index (χ3v) is 3.23. The van der Waals surface area contributed by atoms with Crippen molar-refractivity contribution in [1.29, 1.82) is 0 Å². The molecule has 1 fully saturated rings. The van der Waals surface area contributed by atoms with Crippen LogP contribution in [-0.4, -0.2) is 35.8 Å². The van der Waals surface area contributed by atoms with E-state index in [0.29, 0.717) is 12.5 Å². The molecular weight excluding hydrogens is 305 g/mol. The van der Waals surface area contributed by atoms with Gasteiger partial charge in [-0.15, -0.1) is 12.4 Å². The predicted octanol–water partition coefficient (Wildman–Crippen LogP) is 0.936. The standard InChI is InChI=1S/C11H16BrN3O.ClH/c12-10-1-8(3-14-6-10)2-13-4-9-5-15-7-11(9)16;/h1,3,6,9,11,13,15-16H,2,4-5,7H2;1H. The lowest BCUT2D eigenvalue weighted by Crippen LogP contribution is -2.30. The minimum atomic E-state index is -0.215. The summed E-state index contributed by atoms with van der Waals surface area (Å²) in [5.41, 5.74) is 1.15. The molecule has 17 heavy (non-hydrogen) atoms. The Balaban J connectivity index is 0.00000144. The number of nitrogens with one attached hydrogen (secondary N) is 2. The Morgan fingerprint density at radius 2 is 2.29 bits per heavy atom. The number of aliphatic hydroxyl groups excluding tert-OH is 1. The summed E-state index contributed by atoms with van der Waals surface area (Å²) in [7, 11) is 0. The number of halogens is 2. The zero-order chi connectivity index (χ0) is 11.4. The Morgan fingerprint density at radius 3 is 2.94 bits per heavy atom. The average molecular weight is 323 g/mol. The van der Waals surface area contributed by atoms with Crippen LogP contribution in [0.4, 0.5) is 0 Å². The van der Waals surface area contributed by atoms with Crippen molar-refractivity contribution in [1.82, 2.24) is 15.6 Å². The van der Waals surface area contributed by atoms with Crippen LogP contribution in [0, 0.1) is 5.92 Å². The van der Waals surface area contributed by atoms with Gasteiger partial charge in [0.1, 0.15) is 0 Å². The van der Waals surface area contributed by atoms with Crippen LogP contribution in [0.25, 0.3) is 0 Å². The first-order chi connectivity index (χ1) is 7.75. The summed E-state index contributed by atoms with van der Waals surface area (Å²) in [6.45, 7) is 3.23. The van der Waals surface area contributed by atoms with Crippen LogP contribution in [0.3, 0.4) is 0 Å². The molecule has 2 atom stereocenters. The van der Waals surface area contributed by atoms with Crippen LogP contribution >= 0.6 is 28.3 Å². The Kier molecular flexibility index (Phi) is 6.37. The number of β-amino-alcohol motifs (C(OH)–C–C–N with tert-alkyl or cyclic N) is 1. The van der Waals surface area contributed by atoms with Crippen LogP contribution < -0.4 is 10.6 Å². The zero-order valence-electron chi connectivity index (χ0n) is 9.40. The summed E-state index contributed by atoms with van der Waals surface area (Å²) >= 11 is 3.39. The number of hydrogen-bond donors (Lipinski definition) is 3. The van der Waals surface area contributed by atoms with Crippen LogP contribution in [0.5, 0.6) is 0 Å². The molecule has 1 aromatic rings. The highest BCUT2D eigenvalue weighted by Crippen LogP contribution is 2.10. The van der Waals surface area contributed by atoms with E-state index in [-0.39, 0.29) is 18.5 Å². The molecule has 0 aromatic carbocycles. The van der Waals surface area contributed by atoms with Gasteiger partial charge >= 0.3 is 0 Å². The molecule has 0 radical (unpaired) electrons. The van der Waals surface area contributed by atoms with E-state index in [1.54, 1.807) is 6.20 Å². The van der Waals surface area contributed by atoms with E-state index in [4.69, 9.17) is 0 Å². The molecule has 3 N–H and O–H groups in total.